The van der Waals surface area contributed by atoms with Crippen LogP contribution in [0.1, 0.15) is 23.7 Å². The van der Waals surface area contributed by atoms with E-state index in [0.29, 0.717) is 15.6 Å². The fraction of sp³-hybridized carbons (Fsp3) is 0.167. The van der Waals surface area contributed by atoms with Gasteiger partial charge in [0.2, 0.25) is 0 Å². The summed E-state index contributed by atoms with van der Waals surface area (Å²) < 4.78 is 24.9. The number of ether oxygens (including phenoxy) is 1. The number of para-hydroxylation sites is 1. The third-order valence-corrected chi connectivity index (χ3v) is 4.18. The van der Waals surface area contributed by atoms with Crippen molar-refractivity contribution in [3.05, 3.63) is 58.6 Å². The van der Waals surface area contributed by atoms with Gasteiger partial charge in [-0.3, -0.25) is 4.79 Å². The van der Waals surface area contributed by atoms with E-state index in [1.165, 1.54) is 24.6 Å². The van der Waals surface area contributed by atoms with Gasteiger partial charge in [0, 0.05) is 4.47 Å². The lowest BCUT2D eigenvalue weighted by atomic mass is 10.2. The lowest BCUT2D eigenvalue weighted by Crippen LogP contribution is -2.32. The van der Waals surface area contributed by atoms with E-state index < -0.39 is 23.8 Å². The molecule has 0 fully saturated rings. The van der Waals surface area contributed by atoms with Crippen molar-refractivity contribution in [1.29, 1.82) is 0 Å². The first-order valence-corrected chi connectivity index (χ1v) is 8.58. The topological polar surface area (TPSA) is 81.4 Å². The Bertz CT molecular complexity index is 973. The van der Waals surface area contributed by atoms with Crippen LogP contribution in [0.25, 0.3) is 11.1 Å². The summed E-state index contributed by atoms with van der Waals surface area (Å²) in [5.74, 6) is -1.92. The second kappa shape index (κ2) is 7.65. The first-order valence-electron chi connectivity index (χ1n) is 7.78. The monoisotopic (exact) mass is 420 g/mol. The van der Waals surface area contributed by atoms with E-state index in [1.54, 1.807) is 25.1 Å². The van der Waals surface area contributed by atoms with E-state index in [1.807, 2.05) is 0 Å². The van der Waals surface area contributed by atoms with Crippen molar-refractivity contribution in [2.75, 3.05) is 5.32 Å². The molecule has 1 amide bonds. The van der Waals surface area contributed by atoms with Crippen LogP contribution in [0, 0.1) is 5.82 Å². The van der Waals surface area contributed by atoms with Crippen LogP contribution in [0.5, 0.6) is 0 Å². The highest BCUT2D eigenvalue weighted by molar-refractivity contribution is 9.10. The molecule has 0 aliphatic rings. The molecule has 26 heavy (non-hydrogen) atoms. The molecule has 6 nitrogen and oxygen atoms in total. The number of hydrogen-bond acceptors (Lipinski definition) is 5. The average Bonchev–Trinajstić information content (AvgIpc) is 3.10. The van der Waals surface area contributed by atoms with Gasteiger partial charge in [0.05, 0.1) is 11.3 Å². The van der Waals surface area contributed by atoms with Crippen molar-refractivity contribution >= 4 is 44.6 Å². The zero-order valence-electron chi connectivity index (χ0n) is 13.7. The molecule has 1 heterocycles. The largest absolute Gasteiger partial charge is 0.449 e. The Morgan fingerprint density at radius 3 is 2.88 bits per heavy atom. The van der Waals surface area contributed by atoms with Crippen LogP contribution < -0.4 is 5.32 Å². The van der Waals surface area contributed by atoms with Gasteiger partial charge in [-0.1, -0.05) is 28.9 Å². The van der Waals surface area contributed by atoms with Crippen LogP contribution in [0.4, 0.5) is 10.1 Å². The van der Waals surface area contributed by atoms with Gasteiger partial charge in [-0.05, 0) is 36.8 Å². The highest BCUT2D eigenvalue weighted by atomic mass is 79.9. The molecule has 0 saturated heterocycles. The summed E-state index contributed by atoms with van der Waals surface area (Å²) in [4.78, 5) is 28.8. The zero-order valence-corrected chi connectivity index (χ0v) is 15.2. The molecule has 0 saturated carbocycles. The van der Waals surface area contributed by atoms with Gasteiger partial charge < -0.3 is 14.5 Å². The molecular weight excluding hydrogens is 407 g/mol. The van der Waals surface area contributed by atoms with Crippen molar-refractivity contribution in [3.63, 3.8) is 0 Å². The van der Waals surface area contributed by atoms with Crippen molar-refractivity contribution in [2.24, 2.45) is 0 Å². The molecule has 0 aliphatic heterocycles. The lowest BCUT2D eigenvalue weighted by Gasteiger charge is -2.16. The molecule has 0 radical (unpaired) electrons. The Morgan fingerprint density at radius 2 is 2.15 bits per heavy atom. The number of nitrogens with zero attached hydrogens (tertiary/aromatic N) is 1. The summed E-state index contributed by atoms with van der Waals surface area (Å²) in [5.41, 5.74) is 0.990. The van der Waals surface area contributed by atoms with Crippen LogP contribution in [0.3, 0.4) is 0 Å². The number of rotatable bonds is 5. The van der Waals surface area contributed by atoms with Crippen molar-refractivity contribution in [3.8, 4) is 0 Å². The number of carbonyl (C=O) groups is 2. The number of anilines is 1. The number of carbonyl (C=O) groups excluding carboxylic acids is 2. The minimum Gasteiger partial charge on any atom is -0.449 e. The fourth-order valence-corrected chi connectivity index (χ4v) is 2.70. The van der Waals surface area contributed by atoms with E-state index in [0.717, 1.165) is 0 Å². The molecule has 2 aromatic carbocycles. The number of nitrogens with one attached hydrogen (secondary N) is 1. The van der Waals surface area contributed by atoms with Crippen LogP contribution in [-0.2, 0) is 9.53 Å². The molecular formula is C18H14BrFN2O4. The maximum absolute atomic E-state index is 13.9. The third-order valence-electron chi connectivity index (χ3n) is 3.68. The Kier molecular flexibility index (Phi) is 5.32. The first kappa shape index (κ1) is 18.1. The molecule has 3 aromatic rings. The van der Waals surface area contributed by atoms with Crippen molar-refractivity contribution in [2.45, 2.75) is 19.4 Å². The molecule has 3 rings (SSSR count). The van der Waals surface area contributed by atoms with Gasteiger partial charge in [0.25, 0.3) is 5.91 Å². The Labute approximate surface area is 156 Å². The summed E-state index contributed by atoms with van der Waals surface area (Å²) in [6.07, 6.45) is 0.374. The van der Waals surface area contributed by atoms with Crippen LogP contribution in [-0.4, -0.2) is 23.0 Å². The minimum absolute atomic E-state index is 0.00583. The predicted molar refractivity (Wildman–Crippen MR) is 96.2 cm³/mol. The Balaban J connectivity index is 1.75. The van der Waals surface area contributed by atoms with Crippen molar-refractivity contribution < 1.29 is 23.1 Å². The smallest absolute Gasteiger partial charge is 0.341 e. The summed E-state index contributed by atoms with van der Waals surface area (Å²) in [6, 6.07) is 9.07. The summed E-state index contributed by atoms with van der Waals surface area (Å²) in [5, 5.41) is 2.43. The van der Waals surface area contributed by atoms with E-state index in [-0.39, 0.29) is 17.7 Å². The molecule has 1 unspecified atom stereocenters. The average molecular weight is 421 g/mol. The zero-order chi connectivity index (χ0) is 18.7. The van der Waals surface area contributed by atoms with Gasteiger partial charge in [0.1, 0.15) is 11.3 Å². The molecule has 8 heteroatoms. The predicted octanol–water partition coefficient (Wildman–Crippen LogP) is 4.30. The fourth-order valence-electron chi connectivity index (χ4n) is 2.37. The lowest BCUT2D eigenvalue weighted by molar-refractivity contribution is -0.124. The van der Waals surface area contributed by atoms with Crippen molar-refractivity contribution in [1.82, 2.24) is 4.98 Å². The number of hydrogen-bond donors (Lipinski definition) is 1. The minimum atomic E-state index is -1.08. The molecule has 1 aromatic heterocycles. The Morgan fingerprint density at radius 1 is 1.35 bits per heavy atom. The number of halogens is 2. The molecule has 0 bridgehead atoms. The second-order valence-electron chi connectivity index (χ2n) is 5.42. The number of amides is 1. The number of fused-ring (bicyclic) bond motifs is 1. The normalized spacial score (nSPS) is 12.0. The number of benzene rings is 2. The van der Waals surface area contributed by atoms with Crippen LogP contribution in [0.15, 0.2) is 51.7 Å². The van der Waals surface area contributed by atoms with Gasteiger partial charge >= 0.3 is 5.97 Å². The molecule has 1 atom stereocenters. The van der Waals surface area contributed by atoms with Gasteiger partial charge in [0.15, 0.2) is 18.1 Å². The SMILES string of the molecule is CCC(OC(=O)c1cccc2ocnc12)C(=O)Nc1ccc(Br)cc1F. The molecule has 0 aliphatic carbocycles. The highest BCUT2D eigenvalue weighted by Gasteiger charge is 2.24. The Hall–Kier alpha value is -2.74. The van der Waals surface area contributed by atoms with E-state index >= 15 is 0 Å². The summed E-state index contributed by atoms with van der Waals surface area (Å²) in [6.45, 7) is 1.69. The number of oxazole rings is 1. The van der Waals surface area contributed by atoms with E-state index in [4.69, 9.17) is 9.15 Å². The maximum atomic E-state index is 13.9. The molecule has 1 N–H and O–H groups in total. The number of esters is 1. The maximum Gasteiger partial charge on any atom is 0.341 e. The standard InChI is InChI=1S/C18H14BrFN2O4/c1-2-14(17(23)22-13-7-6-10(19)8-12(13)20)26-18(24)11-4-3-5-15-16(11)21-9-25-15/h3-9,14H,2H2,1H3,(H,22,23). The van der Waals surface area contributed by atoms with Gasteiger partial charge in [-0.15, -0.1) is 0 Å². The van der Waals surface area contributed by atoms with Gasteiger partial charge in [-0.25, -0.2) is 14.2 Å². The first-order chi connectivity index (χ1) is 12.5. The quantitative estimate of drug-likeness (QED) is 0.622. The summed E-state index contributed by atoms with van der Waals surface area (Å²) >= 11 is 3.14. The molecule has 134 valence electrons. The molecule has 0 spiro atoms. The van der Waals surface area contributed by atoms with E-state index in [9.17, 15) is 14.0 Å². The second-order valence-corrected chi connectivity index (χ2v) is 6.34. The number of aromatic nitrogens is 1. The highest BCUT2D eigenvalue weighted by Crippen LogP contribution is 2.21. The van der Waals surface area contributed by atoms with Crippen LogP contribution >= 0.6 is 15.9 Å². The van der Waals surface area contributed by atoms with E-state index in [2.05, 4.69) is 26.2 Å². The van der Waals surface area contributed by atoms with Gasteiger partial charge in [-0.2, -0.15) is 0 Å². The van der Waals surface area contributed by atoms with Crippen LogP contribution in [0.2, 0.25) is 0 Å². The summed E-state index contributed by atoms with van der Waals surface area (Å²) in [7, 11) is 0. The third kappa shape index (κ3) is 3.75.